The van der Waals surface area contributed by atoms with E-state index >= 15 is 4.39 Å². The average Bonchev–Trinajstić information content (AvgIpc) is 3.34. The topological polar surface area (TPSA) is 167 Å². The van der Waals surface area contributed by atoms with Gasteiger partial charge < -0.3 is 34.5 Å². The lowest BCUT2D eigenvalue weighted by Crippen LogP contribution is -2.47. The van der Waals surface area contributed by atoms with Gasteiger partial charge in [0.05, 0.1) is 19.0 Å². The Hall–Kier alpha value is -1.77. The monoisotopic (exact) mass is 474 g/mol. The van der Waals surface area contributed by atoms with Gasteiger partial charge >= 0.3 is 7.75 Å². The number of imidazole rings is 1. The maximum absolute atomic E-state index is 16.3. The summed E-state index contributed by atoms with van der Waals surface area (Å²) < 4.78 is 53.7. The number of halogens is 1. The Bertz CT molecular complexity index is 1080. The molecule has 2 aromatic heterocycles. The molecule has 13 nitrogen and oxygen atoms in total. The van der Waals surface area contributed by atoms with E-state index in [0.717, 1.165) is 4.67 Å². The summed E-state index contributed by atoms with van der Waals surface area (Å²) in [4.78, 5) is 31.3. The molecular formula is C17H24FN6O7P. The van der Waals surface area contributed by atoms with Crippen molar-refractivity contribution >= 4 is 24.7 Å². The molecule has 0 aromatic carbocycles. The highest BCUT2D eigenvalue weighted by atomic mass is 31.2. The number of nitrogen functional groups attached to an aromatic ring is 1. The minimum atomic E-state index is -4.48. The van der Waals surface area contributed by atoms with Crippen molar-refractivity contribution in [1.82, 2.24) is 24.2 Å². The average molecular weight is 474 g/mol. The van der Waals surface area contributed by atoms with Gasteiger partial charge in [0.25, 0.3) is 0 Å². The van der Waals surface area contributed by atoms with Crippen molar-refractivity contribution in [2.75, 3.05) is 25.4 Å². The highest BCUT2D eigenvalue weighted by molar-refractivity contribution is 7.49. The summed E-state index contributed by atoms with van der Waals surface area (Å²) in [5.41, 5.74) is 6.55. The van der Waals surface area contributed by atoms with Gasteiger partial charge in [-0.3, -0.25) is 4.57 Å². The van der Waals surface area contributed by atoms with E-state index in [1.54, 1.807) is 13.8 Å². The molecule has 15 heteroatoms. The zero-order valence-electron chi connectivity index (χ0n) is 17.4. The summed E-state index contributed by atoms with van der Waals surface area (Å²) >= 11 is 0. The molecule has 0 aliphatic carbocycles. The lowest BCUT2D eigenvalue weighted by Gasteiger charge is -2.36. The highest BCUT2D eigenvalue weighted by Crippen LogP contribution is 2.52. The molecule has 3 fully saturated rings. The Labute approximate surface area is 181 Å². The fraction of sp³-hybridized carbons (Fsp3) is 0.706. The second kappa shape index (κ2) is 7.37. The van der Waals surface area contributed by atoms with Gasteiger partial charge in [0, 0.05) is 19.5 Å². The van der Waals surface area contributed by atoms with Crippen LogP contribution in [0.2, 0.25) is 0 Å². The molecule has 0 saturated carbocycles. The summed E-state index contributed by atoms with van der Waals surface area (Å²) in [7, 11) is -4.48. The van der Waals surface area contributed by atoms with Crippen LogP contribution in [0.25, 0.3) is 11.2 Å². The first-order chi connectivity index (χ1) is 15.0. The summed E-state index contributed by atoms with van der Waals surface area (Å²) in [6.07, 6.45) is -1.39. The van der Waals surface area contributed by atoms with Gasteiger partial charge in [-0.05, 0) is 13.8 Å². The molecule has 4 N–H and O–H groups in total. The Morgan fingerprint density at radius 1 is 1.28 bits per heavy atom. The molecule has 5 rings (SSSR count). The number of nitrogens with zero attached hydrogens (tertiary/aromatic N) is 5. The van der Waals surface area contributed by atoms with Gasteiger partial charge in [-0.15, -0.1) is 0 Å². The third-order valence-corrected chi connectivity index (χ3v) is 6.90. The van der Waals surface area contributed by atoms with Crippen LogP contribution in [0.1, 0.15) is 26.5 Å². The number of hydrogen-bond donors (Lipinski definition) is 3. The maximum Gasteiger partial charge on any atom is 0.403 e. The summed E-state index contributed by atoms with van der Waals surface area (Å²) in [5.74, 6) is -3.27. The van der Waals surface area contributed by atoms with Crippen molar-refractivity contribution in [3.05, 3.63) is 12.7 Å². The fourth-order valence-corrected chi connectivity index (χ4v) is 5.21. The molecule has 3 aliphatic rings. The van der Waals surface area contributed by atoms with Crippen molar-refractivity contribution in [3.63, 3.8) is 0 Å². The van der Waals surface area contributed by atoms with E-state index in [1.165, 1.54) is 17.2 Å². The smallest absolute Gasteiger partial charge is 0.382 e. The maximum atomic E-state index is 16.3. The molecule has 0 radical (unpaired) electrons. The molecule has 5 heterocycles. The molecule has 3 unspecified atom stereocenters. The van der Waals surface area contributed by atoms with Gasteiger partial charge in [-0.1, -0.05) is 0 Å². The summed E-state index contributed by atoms with van der Waals surface area (Å²) in [5, 5.41) is 0. The predicted octanol–water partition coefficient (Wildman–Crippen LogP) is 0.307. The zero-order chi connectivity index (χ0) is 22.9. The van der Waals surface area contributed by atoms with Gasteiger partial charge in [-0.2, -0.15) is 0 Å². The first kappa shape index (κ1) is 22.0. The van der Waals surface area contributed by atoms with Gasteiger partial charge in [0.15, 0.2) is 29.6 Å². The van der Waals surface area contributed by atoms with Crippen LogP contribution in [0, 0.1) is 0 Å². The third-order valence-electron chi connectivity index (χ3n) is 5.80. The molecule has 32 heavy (non-hydrogen) atoms. The SMILES string of the molecule is CC1(C)OC2C(O1)[C@@](F)(CC1CN(P(=O)(O)O)CCO1)O[C@H]2n1cnc2c(N)ncnc21. The molecule has 2 aromatic rings. The molecular weight excluding hydrogens is 450 g/mol. The number of aromatic nitrogens is 4. The van der Waals surface area contributed by atoms with Crippen LogP contribution in [0.4, 0.5) is 10.2 Å². The van der Waals surface area contributed by atoms with Crippen molar-refractivity contribution < 1.29 is 37.7 Å². The Morgan fingerprint density at radius 2 is 2.06 bits per heavy atom. The molecule has 3 saturated heterocycles. The van der Waals surface area contributed by atoms with Crippen LogP contribution < -0.4 is 5.73 Å². The van der Waals surface area contributed by atoms with Gasteiger partial charge in [0.2, 0.25) is 5.85 Å². The fourth-order valence-electron chi connectivity index (χ4n) is 4.48. The second-order valence-electron chi connectivity index (χ2n) is 8.52. The highest BCUT2D eigenvalue weighted by Gasteiger charge is 2.65. The molecule has 0 amide bonds. The normalized spacial score (nSPS) is 35.4. The largest absolute Gasteiger partial charge is 0.403 e. The number of morpholine rings is 1. The lowest BCUT2D eigenvalue weighted by atomic mass is 10.0. The number of hydrogen-bond acceptors (Lipinski definition) is 9. The van der Waals surface area contributed by atoms with E-state index in [9.17, 15) is 14.4 Å². The van der Waals surface area contributed by atoms with Crippen molar-refractivity contribution in [1.29, 1.82) is 0 Å². The van der Waals surface area contributed by atoms with E-state index in [0.29, 0.717) is 11.2 Å². The van der Waals surface area contributed by atoms with Crippen LogP contribution in [0.15, 0.2) is 12.7 Å². The zero-order valence-corrected chi connectivity index (χ0v) is 18.3. The standard InChI is InChI=1S/C17H24FN6O7P/c1-16(2)29-11-12(30-16)17(18,5-9-6-23(3-4-28-9)32(25,26)27)31-15(11)24-8-22-10-13(19)20-7-21-14(10)24/h7-9,11-12,15H,3-6H2,1-2H3,(H2,19,20,21)(H2,25,26,27)/t9?,11?,12?,15-,17-/m1/s1. The van der Waals surface area contributed by atoms with Crippen molar-refractivity contribution in [2.24, 2.45) is 0 Å². The minimum absolute atomic E-state index is 0.0460. The first-order valence-corrected chi connectivity index (χ1v) is 11.6. The van der Waals surface area contributed by atoms with E-state index in [1.807, 2.05) is 0 Å². The third kappa shape index (κ3) is 3.70. The van der Waals surface area contributed by atoms with E-state index in [2.05, 4.69) is 15.0 Å². The molecule has 0 spiro atoms. The minimum Gasteiger partial charge on any atom is -0.382 e. The Balaban J connectivity index is 1.45. The summed E-state index contributed by atoms with van der Waals surface area (Å²) in [6.45, 7) is 3.28. The van der Waals surface area contributed by atoms with Crippen molar-refractivity contribution in [3.8, 4) is 0 Å². The molecule has 3 aliphatic heterocycles. The van der Waals surface area contributed by atoms with Crippen LogP contribution in [0.3, 0.4) is 0 Å². The summed E-state index contributed by atoms with van der Waals surface area (Å²) in [6, 6.07) is 0. The van der Waals surface area contributed by atoms with E-state index in [-0.39, 0.29) is 31.9 Å². The Morgan fingerprint density at radius 3 is 2.81 bits per heavy atom. The number of fused-ring (bicyclic) bond motifs is 2. The predicted molar refractivity (Wildman–Crippen MR) is 105 cm³/mol. The molecule has 5 atom stereocenters. The van der Waals surface area contributed by atoms with E-state index < -0.39 is 43.9 Å². The quantitative estimate of drug-likeness (QED) is 0.520. The number of nitrogens with two attached hydrogens (primary N) is 1. The van der Waals surface area contributed by atoms with Crippen LogP contribution in [0.5, 0.6) is 0 Å². The molecule has 176 valence electrons. The van der Waals surface area contributed by atoms with Gasteiger partial charge in [-0.25, -0.2) is 28.6 Å². The number of anilines is 1. The van der Waals surface area contributed by atoms with Crippen LogP contribution >= 0.6 is 7.75 Å². The van der Waals surface area contributed by atoms with Crippen LogP contribution in [-0.4, -0.2) is 83.6 Å². The van der Waals surface area contributed by atoms with E-state index in [4.69, 9.17) is 24.7 Å². The number of alkyl halides is 1. The number of ether oxygens (including phenoxy) is 4. The second-order valence-corrected chi connectivity index (χ2v) is 10.1. The first-order valence-electron chi connectivity index (χ1n) is 10.0. The number of rotatable bonds is 4. The van der Waals surface area contributed by atoms with Gasteiger partial charge in [0.1, 0.15) is 17.9 Å². The molecule has 0 bridgehead atoms. The lowest BCUT2D eigenvalue weighted by molar-refractivity contribution is -0.264. The van der Waals surface area contributed by atoms with Crippen molar-refractivity contribution in [2.45, 2.75) is 56.5 Å². The van der Waals surface area contributed by atoms with Crippen LogP contribution in [-0.2, 0) is 23.5 Å². The Kier molecular flexibility index (Phi) is 5.08.